The number of ketones is 1. The van der Waals surface area contributed by atoms with Gasteiger partial charge in [0, 0.05) is 36.2 Å². The van der Waals surface area contributed by atoms with Crippen LogP contribution in [-0.2, 0) is 17.7 Å². The van der Waals surface area contributed by atoms with Crippen molar-refractivity contribution in [2.45, 2.75) is 46.7 Å². The van der Waals surface area contributed by atoms with Crippen molar-refractivity contribution in [2.75, 3.05) is 13.7 Å². The van der Waals surface area contributed by atoms with E-state index in [1.165, 1.54) is 5.56 Å². The van der Waals surface area contributed by atoms with Crippen molar-refractivity contribution >= 4 is 5.78 Å². The van der Waals surface area contributed by atoms with Gasteiger partial charge < -0.3 is 9.30 Å². The minimum Gasteiger partial charge on any atom is -0.383 e. The second kappa shape index (κ2) is 7.55. The van der Waals surface area contributed by atoms with E-state index in [1.54, 1.807) is 7.11 Å². The van der Waals surface area contributed by atoms with Crippen LogP contribution in [0, 0.1) is 13.8 Å². The summed E-state index contributed by atoms with van der Waals surface area (Å²) < 4.78 is 9.36. The molecule has 0 radical (unpaired) electrons. The van der Waals surface area contributed by atoms with Gasteiger partial charge >= 0.3 is 0 Å². The van der Waals surface area contributed by atoms with Crippen LogP contribution >= 0.6 is 0 Å². The molecule has 0 aliphatic rings. The Labute approximate surface area is 138 Å². The van der Waals surface area contributed by atoms with E-state index in [9.17, 15) is 4.79 Å². The molecule has 0 saturated heterocycles. The molecule has 2 aromatic heterocycles. The van der Waals surface area contributed by atoms with Crippen LogP contribution in [0.1, 0.15) is 47.2 Å². The van der Waals surface area contributed by atoms with Gasteiger partial charge in [0.25, 0.3) is 0 Å². The molecule has 0 bridgehead atoms. The second-order valence-electron chi connectivity index (χ2n) is 6.11. The molecule has 2 aromatic rings. The Morgan fingerprint density at radius 1 is 1.30 bits per heavy atom. The molecule has 23 heavy (non-hydrogen) atoms. The molecule has 2 heterocycles. The van der Waals surface area contributed by atoms with Gasteiger partial charge in [-0.1, -0.05) is 6.92 Å². The average molecular weight is 315 g/mol. The molecule has 0 N–H and O–H groups in total. The van der Waals surface area contributed by atoms with E-state index < -0.39 is 0 Å². The van der Waals surface area contributed by atoms with E-state index in [-0.39, 0.29) is 11.8 Å². The Morgan fingerprint density at radius 3 is 2.52 bits per heavy atom. The van der Waals surface area contributed by atoms with Crippen LogP contribution in [0.25, 0.3) is 0 Å². The third-order valence-corrected chi connectivity index (χ3v) is 4.33. The van der Waals surface area contributed by atoms with Crippen LogP contribution < -0.4 is 4.57 Å². The summed E-state index contributed by atoms with van der Waals surface area (Å²) in [6, 6.07) is 6.34. The summed E-state index contributed by atoms with van der Waals surface area (Å²) >= 11 is 0. The van der Waals surface area contributed by atoms with Crippen molar-refractivity contribution in [3.05, 3.63) is 53.1 Å². The van der Waals surface area contributed by atoms with Gasteiger partial charge in [-0.25, -0.2) is 0 Å². The zero-order valence-electron chi connectivity index (χ0n) is 14.8. The zero-order chi connectivity index (χ0) is 17.0. The minimum absolute atomic E-state index is 0.142. The lowest BCUT2D eigenvalue weighted by Crippen LogP contribution is -2.37. The summed E-state index contributed by atoms with van der Waals surface area (Å²) in [5.74, 6) is 0.142. The standard InChI is InChI=1S/C19H27N2O2/c1-6-17-7-9-20(10-8-17)12-19(22)18-11-14(2)21(16(18)4)15(3)13-23-5/h7-11,15H,6,12-13H2,1-5H3/q+1/t15-/m0/s1. The molecule has 0 unspecified atom stereocenters. The van der Waals surface area contributed by atoms with Crippen molar-refractivity contribution < 1.29 is 14.1 Å². The number of hydrogen-bond donors (Lipinski definition) is 0. The highest BCUT2D eigenvalue weighted by molar-refractivity contribution is 5.96. The van der Waals surface area contributed by atoms with Crippen LogP contribution in [0.5, 0.6) is 0 Å². The monoisotopic (exact) mass is 315 g/mol. The first-order valence-corrected chi connectivity index (χ1v) is 8.16. The smallest absolute Gasteiger partial charge is 0.229 e. The van der Waals surface area contributed by atoms with Crippen LogP contribution in [0.15, 0.2) is 30.6 Å². The van der Waals surface area contributed by atoms with Gasteiger partial charge in [0.2, 0.25) is 12.3 Å². The van der Waals surface area contributed by atoms with Crippen molar-refractivity contribution in [1.29, 1.82) is 0 Å². The number of rotatable bonds is 7. The topological polar surface area (TPSA) is 35.1 Å². The maximum absolute atomic E-state index is 12.7. The van der Waals surface area contributed by atoms with E-state index in [4.69, 9.17) is 4.74 Å². The van der Waals surface area contributed by atoms with E-state index in [0.29, 0.717) is 13.2 Å². The number of ether oxygens (including phenoxy) is 1. The van der Waals surface area contributed by atoms with Gasteiger partial charge in [-0.2, -0.15) is 4.57 Å². The predicted molar refractivity (Wildman–Crippen MR) is 90.8 cm³/mol. The molecule has 0 fully saturated rings. The number of carbonyl (C=O) groups is 1. The summed E-state index contributed by atoms with van der Waals surface area (Å²) in [4.78, 5) is 12.7. The van der Waals surface area contributed by atoms with Crippen molar-refractivity contribution in [3.63, 3.8) is 0 Å². The van der Waals surface area contributed by atoms with Gasteiger partial charge in [-0.05, 0) is 38.8 Å². The lowest BCUT2D eigenvalue weighted by molar-refractivity contribution is -0.683. The summed E-state index contributed by atoms with van der Waals surface area (Å²) in [7, 11) is 1.70. The normalized spacial score (nSPS) is 12.4. The number of nitrogens with zero attached hydrogens (tertiary/aromatic N) is 2. The van der Waals surface area contributed by atoms with E-state index in [2.05, 4.69) is 30.5 Å². The maximum Gasteiger partial charge on any atom is 0.229 e. The summed E-state index contributed by atoms with van der Waals surface area (Å²) in [6.07, 6.45) is 4.96. The molecule has 2 rings (SSSR count). The van der Waals surface area contributed by atoms with E-state index >= 15 is 0 Å². The fraction of sp³-hybridized carbons (Fsp3) is 0.474. The van der Waals surface area contributed by atoms with Crippen LogP contribution in [-0.4, -0.2) is 24.1 Å². The molecule has 0 aromatic carbocycles. The SMILES string of the molecule is CCc1cc[n+](CC(=O)c2cc(C)n([C@@H](C)COC)c2C)cc1. The first-order chi connectivity index (χ1) is 11.0. The van der Waals surface area contributed by atoms with E-state index in [1.807, 2.05) is 36.9 Å². The predicted octanol–water partition coefficient (Wildman–Crippen LogP) is 3.05. The summed E-state index contributed by atoms with van der Waals surface area (Å²) in [5, 5.41) is 0. The van der Waals surface area contributed by atoms with Gasteiger partial charge in [-0.3, -0.25) is 4.79 Å². The number of hydrogen-bond acceptors (Lipinski definition) is 2. The Kier molecular flexibility index (Phi) is 5.72. The van der Waals surface area contributed by atoms with Crippen LogP contribution in [0.3, 0.4) is 0 Å². The molecule has 0 aliphatic carbocycles. The Morgan fingerprint density at radius 2 is 1.96 bits per heavy atom. The van der Waals surface area contributed by atoms with Crippen LogP contribution in [0.4, 0.5) is 0 Å². The van der Waals surface area contributed by atoms with Crippen LogP contribution in [0.2, 0.25) is 0 Å². The number of carbonyl (C=O) groups excluding carboxylic acids is 1. The molecule has 0 aliphatic heterocycles. The molecule has 4 heteroatoms. The first kappa shape index (κ1) is 17.4. The van der Waals surface area contributed by atoms with Gasteiger partial charge in [-0.15, -0.1) is 0 Å². The second-order valence-corrected chi connectivity index (χ2v) is 6.11. The molecule has 0 spiro atoms. The quantitative estimate of drug-likeness (QED) is 0.581. The highest BCUT2D eigenvalue weighted by atomic mass is 16.5. The highest BCUT2D eigenvalue weighted by Gasteiger charge is 2.21. The molecule has 124 valence electrons. The average Bonchev–Trinajstić information content (AvgIpc) is 2.83. The first-order valence-electron chi connectivity index (χ1n) is 8.16. The van der Waals surface area contributed by atoms with E-state index in [0.717, 1.165) is 23.4 Å². The van der Waals surface area contributed by atoms with Crippen molar-refractivity contribution in [2.24, 2.45) is 0 Å². The van der Waals surface area contributed by atoms with Gasteiger partial charge in [0.15, 0.2) is 12.4 Å². The minimum atomic E-state index is 0.142. The third kappa shape index (κ3) is 3.88. The Balaban J connectivity index is 2.20. The third-order valence-electron chi connectivity index (χ3n) is 4.33. The Hall–Kier alpha value is -1.94. The maximum atomic E-state index is 12.7. The summed E-state index contributed by atoms with van der Waals surface area (Å²) in [6.45, 7) is 9.29. The number of aromatic nitrogens is 2. The van der Waals surface area contributed by atoms with Crippen molar-refractivity contribution in [3.8, 4) is 0 Å². The summed E-state index contributed by atoms with van der Waals surface area (Å²) in [5.41, 5.74) is 4.20. The lowest BCUT2D eigenvalue weighted by atomic mass is 10.1. The number of Topliss-reactive ketones (excluding diaryl/α,β-unsaturated/α-hetero) is 1. The highest BCUT2D eigenvalue weighted by Crippen LogP contribution is 2.21. The number of methoxy groups -OCH3 is 1. The number of pyridine rings is 1. The molecule has 0 saturated carbocycles. The Bertz CT molecular complexity index is 671. The fourth-order valence-corrected chi connectivity index (χ4v) is 3.13. The van der Waals surface area contributed by atoms with Crippen molar-refractivity contribution in [1.82, 2.24) is 4.57 Å². The zero-order valence-corrected chi connectivity index (χ0v) is 14.8. The molecular formula is C19H27N2O2+. The van der Waals surface area contributed by atoms with Gasteiger partial charge in [0.1, 0.15) is 0 Å². The largest absolute Gasteiger partial charge is 0.383 e. The molecule has 1 atom stereocenters. The molecule has 4 nitrogen and oxygen atoms in total. The molecule has 0 amide bonds. The van der Waals surface area contributed by atoms with Gasteiger partial charge in [0.05, 0.1) is 12.6 Å². The lowest BCUT2D eigenvalue weighted by Gasteiger charge is -2.17. The molecular weight excluding hydrogens is 288 g/mol. The fourth-order valence-electron chi connectivity index (χ4n) is 3.13. The number of aryl methyl sites for hydroxylation is 2.